The Bertz CT molecular complexity index is 2810. The minimum Gasteiger partial charge on any atom is -0.456 e. The molecule has 0 saturated carbocycles. The van der Waals surface area contributed by atoms with Crippen LogP contribution in [0.1, 0.15) is 0 Å². The van der Waals surface area contributed by atoms with Crippen LogP contribution in [0, 0.1) is 0 Å². The van der Waals surface area contributed by atoms with E-state index in [2.05, 4.69) is 84.9 Å². The number of benzene rings is 7. The first-order chi connectivity index (χ1) is 24.7. The number of para-hydroxylation sites is 1. The number of hydrogen-bond acceptors (Lipinski definition) is 5. The van der Waals surface area contributed by atoms with Gasteiger partial charge in [-0.15, -0.1) is 0 Å². The van der Waals surface area contributed by atoms with Gasteiger partial charge in [0.1, 0.15) is 22.3 Å². The Labute approximate surface area is 287 Å². The van der Waals surface area contributed by atoms with Gasteiger partial charge >= 0.3 is 0 Å². The summed E-state index contributed by atoms with van der Waals surface area (Å²) < 4.78 is 12.5. The lowest BCUT2D eigenvalue weighted by Gasteiger charge is -2.10. The van der Waals surface area contributed by atoms with Crippen molar-refractivity contribution in [1.82, 2.24) is 15.0 Å². The number of fused-ring (bicyclic) bond motifs is 6. The van der Waals surface area contributed by atoms with Crippen molar-refractivity contribution in [2.45, 2.75) is 0 Å². The summed E-state index contributed by atoms with van der Waals surface area (Å²) in [5.41, 5.74) is 10.6. The van der Waals surface area contributed by atoms with Crippen LogP contribution in [0.4, 0.5) is 0 Å². The average Bonchev–Trinajstić information content (AvgIpc) is 3.76. The fourth-order valence-corrected chi connectivity index (χ4v) is 6.92. The lowest BCUT2D eigenvalue weighted by atomic mass is 9.96. The van der Waals surface area contributed by atoms with Crippen molar-refractivity contribution in [3.8, 4) is 56.4 Å². The molecule has 0 aliphatic rings. The second-order valence-corrected chi connectivity index (χ2v) is 12.4. The molecule has 10 aromatic rings. The molecule has 0 unspecified atom stereocenters. The van der Waals surface area contributed by atoms with Gasteiger partial charge in [0.2, 0.25) is 0 Å². The van der Waals surface area contributed by atoms with Gasteiger partial charge in [-0.25, -0.2) is 15.0 Å². The van der Waals surface area contributed by atoms with Crippen molar-refractivity contribution in [1.29, 1.82) is 0 Å². The summed E-state index contributed by atoms with van der Waals surface area (Å²) in [6.07, 6.45) is 0. The van der Waals surface area contributed by atoms with Crippen LogP contribution in [0.2, 0.25) is 0 Å². The van der Waals surface area contributed by atoms with Crippen LogP contribution < -0.4 is 0 Å². The van der Waals surface area contributed by atoms with Gasteiger partial charge in [0.25, 0.3) is 0 Å². The van der Waals surface area contributed by atoms with Crippen LogP contribution in [0.15, 0.2) is 173 Å². The van der Waals surface area contributed by atoms with E-state index in [1.165, 1.54) is 0 Å². The van der Waals surface area contributed by atoms with Crippen molar-refractivity contribution in [3.05, 3.63) is 164 Å². The van der Waals surface area contributed by atoms with E-state index in [0.29, 0.717) is 17.5 Å². The largest absolute Gasteiger partial charge is 0.456 e. The molecule has 3 heterocycles. The predicted octanol–water partition coefficient (Wildman–Crippen LogP) is 12.0. The number of hydrogen-bond donors (Lipinski definition) is 0. The molecule has 0 radical (unpaired) electrons. The second-order valence-electron chi connectivity index (χ2n) is 12.4. The third-order valence-corrected chi connectivity index (χ3v) is 9.34. The molecule has 0 aliphatic carbocycles. The van der Waals surface area contributed by atoms with Crippen LogP contribution in [0.25, 0.3) is 100 Å². The van der Waals surface area contributed by atoms with Gasteiger partial charge in [0.05, 0.1) is 0 Å². The van der Waals surface area contributed by atoms with E-state index in [0.717, 1.165) is 82.8 Å². The molecule has 5 nitrogen and oxygen atoms in total. The Morgan fingerprint density at radius 3 is 1.52 bits per heavy atom. The third kappa shape index (κ3) is 4.75. The fraction of sp³-hybridized carbons (Fsp3) is 0. The van der Waals surface area contributed by atoms with Crippen LogP contribution in [0.3, 0.4) is 0 Å². The van der Waals surface area contributed by atoms with Crippen LogP contribution in [-0.4, -0.2) is 15.0 Å². The van der Waals surface area contributed by atoms with Gasteiger partial charge in [-0.1, -0.05) is 121 Å². The molecule has 0 fully saturated rings. The lowest BCUT2D eigenvalue weighted by Crippen LogP contribution is -2.00. The van der Waals surface area contributed by atoms with Crippen molar-refractivity contribution < 1.29 is 8.83 Å². The first-order valence-electron chi connectivity index (χ1n) is 16.6. The molecule has 0 spiro atoms. The van der Waals surface area contributed by atoms with E-state index in [1.807, 2.05) is 78.9 Å². The number of rotatable bonds is 5. The predicted molar refractivity (Wildman–Crippen MR) is 202 cm³/mol. The monoisotopic (exact) mass is 641 g/mol. The first-order valence-corrected chi connectivity index (χ1v) is 16.6. The molecule has 0 atom stereocenters. The molecule has 0 bridgehead atoms. The maximum atomic E-state index is 6.42. The summed E-state index contributed by atoms with van der Waals surface area (Å²) in [4.78, 5) is 14.8. The zero-order chi connectivity index (χ0) is 33.0. The summed E-state index contributed by atoms with van der Waals surface area (Å²) in [5.74, 6) is 1.89. The Morgan fingerprint density at radius 2 is 0.800 bits per heavy atom. The van der Waals surface area contributed by atoms with Crippen LogP contribution >= 0.6 is 0 Å². The number of nitrogens with zero attached hydrogens (tertiary/aromatic N) is 3. The van der Waals surface area contributed by atoms with E-state index in [-0.39, 0.29) is 0 Å². The zero-order valence-electron chi connectivity index (χ0n) is 26.7. The molecular formula is C45H27N3O2. The Hall–Kier alpha value is -6.85. The van der Waals surface area contributed by atoms with Gasteiger partial charge in [-0.05, 0) is 64.7 Å². The van der Waals surface area contributed by atoms with Gasteiger partial charge in [-0.3, -0.25) is 0 Å². The molecule has 3 aromatic heterocycles. The summed E-state index contributed by atoms with van der Waals surface area (Å²) in [6, 6.07) is 55.8. The van der Waals surface area contributed by atoms with Gasteiger partial charge in [-0.2, -0.15) is 0 Å². The smallest absolute Gasteiger partial charge is 0.164 e. The van der Waals surface area contributed by atoms with Crippen LogP contribution in [-0.2, 0) is 0 Å². The molecular weight excluding hydrogens is 615 g/mol. The minimum atomic E-state index is 0.619. The Morgan fingerprint density at radius 1 is 0.300 bits per heavy atom. The molecule has 0 aliphatic heterocycles. The number of furan rings is 2. The van der Waals surface area contributed by atoms with E-state index >= 15 is 0 Å². The maximum absolute atomic E-state index is 6.42. The summed E-state index contributed by atoms with van der Waals surface area (Å²) in [6.45, 7) is 0. The summed E-state index contributed by atoms with van der Waals surface area (Å²) >= 11 is 0. The van der Waals surface area contributed by atoms with Crippen LogP contribution in [0.5, 0.6) is 0 Å². The lowest BCUT2D eigenvalue weighted by molar-refractivity contribution is 0.668. The van der Waals surface area contributed by atoms with E-state index in [9.17, 15) is 0 Å². The van der Waals surface area contributed by atoms with E-state index in [4.69, 9.17) is 23.8 Å². The van der Waals surface area contributed by atoms with E-state index < -0.39 is 0 Å². The second kappa shape index (κ2) is 11.4. The van der Waals surface area contributed by atoms with Gasteiger partial charge in [0, 0.05) is 38.2 Å². The molecule has 0 amide bonds. The normalized spacial score (nSPS) is 11.6. The molecule has 0 saturated heterocycles. The average molecular weight is 642 g/mol. The standard InChI is InChI=1S/C45H27N3O2/c1-3-11-28(12-4-1)43-46-44(29-13-5-2-6-14-29)48-45(47-43)33-16-9-15-32(25-33)34-18-10-20-41-42(34)37-27-31(22-24-40(37)50-41)30-21-23-39-36(26-30)35-17-7-8-19-38(35)49-39/h1-27H. The highest BCUT2D eigenvalue weighted by Gasteiger charge is 2.17. The molecule has 10 rings (SSSR count). The topological polar surface area (TPSA) is 65.0 Å². The van der Waals surface area contributed by atoms with Gasteiger partial charge in [0.15, 0.2) is 17.5 Å². The van der Waals surface area contributed by atoms with E-state index in [1.54, 1.807) is 0 Å². The highest BCUT2D eigenvalue weighted by atomic mass is 16.3. The highest BCUT2D eigenvalue weighted by molar-refractivity contribution is 6.14. The Kier molecular flexibility index (Phi) is 6.42. The molecule has 234 valence electrons. The SMILES string of the molecule is c1ccc(-c2nc(-c3ccccc3)nc(-c3cccc(-c4cccc5oc6ccc(-c7ccc8oc9ccccc9c8c7)cc6c45)c3)n2)cc1. The van der Waals surface area contributed by atoms with Crippen molar-refractivity contribution in [3.63, 3.8) is 0 Å². The summed E-state index contributed by atoms with van der Waals surface area (Å²) in [7, 11) is 0. The number of aromatic nitrogens is 3. The third-order valence-electron chi connectivity index (χ3n) is 9.34. The maximum Gasteiger partial charge on any atom is 0.164 e. The molecule has 7 aromatic carbocycles. The minimum absolute atomic E-state index is 0.619. The molecule has 0 N–H and O–H groups in total. The van der Waals surface area contributed by atoms with Crippen molar-refractivity contribution in [2.24, 2.45) is 0 Å². The Balaban J connectivity index is 1.11. The molecule has 5 heteroatoms. The zero-order valence-corrected chi connectivity index (χ0v) is 26.7. The molecule has 50 heavy (non-hydrogen) atoms. The summed E-state index contributed by atoms with van der Waals surface area (Å²) in [5, 5.41) is 4.36. The van der Waals surface area contributed by atoms with Gasteiger partial charge < -0.3 is 8.83 Å². The fourth-order valence-electron chi connectivity index (χ4n) is 6.92. The first kappa shape index (κ1) is 28.2. The quantitative estimate of drug-likeness (QED) is 0.187. The highest BCUT2D eigenvalue weighted by Crippen LogP contribution is 2.40. The van der Waals surface area contributed by atoms with Crippen molar-refractivity contribution in [2.75, 3.05) is 0 Å². The van der Waals surface area contributed by atoms with Crippen molar-refractivity contribution >= 4 is 43.9 Å².